The van der Waals surface area contributed by atoms with E-state index in [4.69, 9.17) is 18.9 Å². The largest absolute Gasteiger partial charge is 0.459 e. The second-order valence-corrected chi connectivity index (χ2v) is 7.50. The normalized spacial score (nSPS) is 20.8. The first-order chi connectivity index (χ1) is 16.5. The number of aliphatic hydroxyl groups excluding tert-OH is 1. The van der Waals surface area contributed by atoms with Gasteiger partial charge in [0.05, 0.1) is 16.7 Å². The maximum Gasteiger partial charge on any atom is 0.338 e. The van der Waals surface area contributed by atoms with Gasteiger partial charge in [0.2, 0.25) is 0 Å². The molecule has 3 aromatic rings. The fourth-order valence-electron chi connectivity index (χ4n) is 3.46. The minimum absolute atomic E-state index is 0. The van der Waals surface area contributed by atoms with Crippen molar-refractivity contribution in [3.63, 3.8) is 0 Å². The summed E-state index contributed by atoms with van der Waals surface area (Å²) in [5, 5.41) is 10.5. The smallest absolute Gasteiger partial charge is 0.338 e. The van der Waals surface area contributed by atoms with E-state index in [1.807, 2.05) is 0 Å². The lowest BCUT2D eigenvalue weighted by atomic mass is 10.1. The van der Waals surface area contributed by atoms with E-state index < -0.39 is 42.5 Å². The lowest BCUT2D eigenvalue weighted by Gasteiger charge is -2.23. The summed E-state index contributed by atoms with van der Waals surface area (Å²) in [5.74, 6) is -2.05. The van der Waals surface area contributed by atoms with Crippen molar-refractivity contribution in [3.8, 4) is 0 Å². The van der Waals surface area contributed by atoms with Crippen molar-refractivity contribution < 1.29 is 38.4 Å². The average molecular weight is 499 g/mol. The summed E-state index contributed by atoms with van der Waals surface area (Å²) in [6, 6.07) is 24.7. The lowest BCUT2D eigenvalue weighted by Crippen LogP contribution is -2.42. The molecule has 1 heterocycles. The number of halogens is 1. The number of rotatable bonds is 7. The monoisotopic (exact) mass is 498 g/mol. The molecule has 0 saturated carbocycles. The van der Waals surface area contributed by atoms with Gasteiger partial charge in [0, 0.05) is 0 Å². The summed E-state index contributed by atoms with van der Waals surface area (Å²) in [5.41, 5.74) is 0.838. The minimum Gasteiger partial charge on any atom is -0.459 e. The van der Waals surface area contributed by atoms with Crippen LogP contribution in [0.15, 0.2) is 91.0 Å². The Kier molecular flexibility index (Phi) is 8.97. The van der Waals surface area contributed by atoms with Gasteiger partial charge in [-0.3, -0.25) is 0 Å². The van der Waals surface area contributed by atoms with E-state index in [1.165, 1.54) is 0 Å². The van der Waals surface area contributed by atoms with Crippen LogP contribution in [0, 0.1) is 0 Å². The molecule has 35 heavy (non-hydrogen) atoms. The number of ether oxygens (including phenoxy) is 4. The van der Waals surface area contributed by atoms with Crippen LogP contribution in [-0.4, -0.2) is 54.2 Å². The Labute approximate surface area is 207 Å². The molecule has 4 atom stereocenters. The van der Waals surface area contributed by atoms with E-state index in [1.54, 1.807) is 91.0 Å². The van der Waals surface area contributed by atoms with Gasteiger partial charge in [-0.25, -0.2) is 14.4 Å². The lowest BCUT2D eigenvalue weighted by molar-refractivity contribution is -0.135. The Hall–Kier alpha value is -3.72. The van der Waals surface area contributed by atoms with Crippen molar-refractivity contribution in [2.75, 3.05) is 6.61 Å². The molecule has 0 bridgehead atoms. The number of carbonyl (C=O) groups is 3. The molecule has 1 fully saturated rings. The summed E-state index contributed by atoms with van der Waals surface area (Å²) in [4.78, 5) is 37.6. The molecule has 0 amide bonds. The molecule has 1 aliphatic heterocycles. The summed E-state index contributed by atoms with van der Waals surface area (Å²) < 4.78 is 21.8. The van der Waals surface area contributed by atoms with Gasteiger partial charge in [-0.2, -0.15) is 0 Å². The van der Waals surface area contributed by atoms with Crippen molar-refractivity contribution in [1.82, 2.24) is 0 Å². The zero-order valence-electron chi connectivity index (χ0n) is 18.4. The highest BCUT2D eigenvalue weighted by Crippen LogP contribution is 2.28. The summed E-state index contributed by atoms with van der Waals surface area (Å²) in [6.07, 6.45) is -5.22. The second kappa shape index (κ2) is 12.1. The van der Waals surface area contributed by atoms with E-state index in [0.29, 0.717) is 5.56 Å². The third-order valence-corrected chi connectivity index (χ3v) is 5.18. The van der Waals surface area contributed by atoms with E-state index in [-0.39, 0.29) is 30.1 Å². The zero-order chi connectivity index (χ0) is 23.9. The van der Waals surface area contributed by atoms with Crippen molar-refractivity contribution in [3.05, 3.63) is 108 Å². The van der Waals surface area contributed by atoms with Gasteiger partial charge in [0.25, 0.3) is 0 Å². The van der Waals surface area contributed by atoms with Gasteiger partial charge in [-0.1, -0.05) is 54.6 Å². The Bertz CT molecular complexity index is 1120. The van der Waals surface area contributed by atoms with Crippen LogP contribution in [0.25, 0.3) is 0 Å². The maximum atomic E-state index is 12.7. The highest BCUT2D eigenvalue weighted by Gasteiger charge is 2.50. The molecule has 1 N–H and O–H groups in total. The standard InChI is InChI=1S/C26H22O8.ClH/c27-23(17-10-4-1-5-11-17)31-16-20-21(33-24(28)18-12-6-2-7-13-18)22(26(30)32-20)34-25(29)19-14-8-3-9-15-19;/h1-15,20-22,26,30H,16H2;1H/t20-,21-,22-,26?;/m1./s1. The van der Waals surface area contributed by atoms with Crippen LogP contribution in [0.3, 0.4) is 0 Å². The molecule has 1 unspecified atom stereocenters. The summed E-state index contributed by atoms with van der Waals surface area (Å²) in [7, 11) is 0. The predicted octanol–water partition coefficient (Wildman–Crippen LogP) is 3.43. The molecule has 0 aliphatic carbocycles. The molecule has 0 radical (unpaired) electrons. The van der Waals surface area contributed by atoms with Gasteiger partial charge < -0.3 is 24.1 Å². The number of esters is 3. The van der Waals surface area contributed by atoms with E-state index in [9.17, 15) is 19.5 Å². The Balaban J connectivity index is 0.00000342. The predicted molar refractivity (Wildman–Crippen MR) is 126 cm³/mol. The Morgan fingerprint density at radius 2 is 1.06 bits per heavy atom. The zero-order valence-corrected chi connectivity index (χ0v) is 19.2. The molecule has 3 aromatic carbocycles. The fourth-order valence-corrected chi connectivity index (χ4v) is 3.46. The number of hydrogen-bond acceptors (Lipinski definition) is 8. The molecule has 182 valence electrons. The molecule has 0 spiro atoms. The minimum atomic E-state index is -1.60. The van der Waals surface area contributed by atoms with Crippen LogP contribution in [0.1, 0.15) is 31.1 Å². The summed E-state index contributed by atoms with van der Waals surface area (Å²) >= 11 is 0. The van der Waals surface area contributed by atoms with E-state index in [0.717, 1.165) is 0 Å². The first-order valence-corrected chi connectivity index (χ1v) is 10.6. The van der Waals surface area contributed by atoms with E-state index >= 15 is 0 Å². The fraction of sp³-hybridized carbons (Fsp3) is 0.192. The molecule has 8 nitrogen and oxygen atoms in total. The molecule has 0 aromatic heterocycles. The van der Waals surface area contributed by atoms with Gasteiger partial charge >= 0.3 is 17.9 Å². The summed E-state index contributed by atoms with van der Waals surface area (Å²) in [6.45, 7) is -0.336. The molecule has 9 heteroatoms. The van der Waals surface area contributed by atoms with Crippen LogP contribution >= 0.6 is 12.4 Å². The first-order valence-electron chi connectivity index (χ1n) is 10.6. The third-order valence-electron chi connectivity index (χ3n) is 5.18. The Morgan fingerprint density at radius 3 is 1.51 bits per heavy atom. The Morgan fingerprint density at radius 1 is 0.657 bits per heavy atom. The highest BCUT2D eigenvalue weighted by atomic mass is 35.5. The third kappa shape index (κ3) is 6.45. The molecule has 1 saturated heterocycles. The van der Waals surface area contributed by atoms with Crippen LogP contribution < -0.4 is 0 Å². The quantitative estimate of drug-likeness (QED) is 0.390. The van der Waals surface area contributed by atoms with Gasteiger partial charge in [0.1, 0.15) is 12.7 Å². The van der Waals surface area contributed by atoms with Crippen LogP contribution in [0.2, 0.25) is 0 Å². The maximum absolute atomic E-state index is 12.7. The first kappa shape index (κ1) is 25.9. The van der Waals surface area contributed by atoms with Gasteiger partial charge in [-0.05, 0) is 36.4 Å². The van der Waals surface area contributed by atoms with Crippen molar-refractivity contribution in [2.45, 2.75) is 24.6 Å². The van der Waals surface area contributed by atoms with Crippen LogP contribution in [-0.2, 0) is 18.9 Å². The van der Waals surface area contributed by atoms with Crippen molar-refractivity contribution in [1.29, 1.82) is 0 Å². The topological polar surface area (TPSA) is 108 Å². The number of carbonyl (C=O) groups excluding carboxylic acids is 3. The van der Waals surface area contributed by atoms with Crippen molar-refractivity contribution in [2.24, 2.45) is 0 Å². The second-order valence-electron chi connectivity index (χ2n) is 7.50. The average Bonchev–Trinajstić information content (AvgIpc) is 3.17. The highest BCUT2D eigenvalue weighted by molar-refractivity contribution is 5.91. The van der Waals surface area contributed by atoms with Crippen LogP contribution in [0.5, 0.6) is 0 Å². The molecular weight excluding hydrogens is 476 g/mol. The molecule has 1 aliphatic rings. The van der Waals surface area contributed by atoms with Crippen LogP contribution in [0.4, 0.5) is 0 Å². The van der Waals surface area contributed by atoms with Crippen molar-refractivity contribution >= 4 is 30.3 Å². The van der Waals surface area contributed by atoms with Gasteiger partial charge in [0.15, 0.2) is 18.5 Å². The number of hydrogen-bond donors (Lipinski definition) is 1. The molecular formula is C26H23ClO8. The van der Waals surface area contributed by atoms with E-state index in [2.05, 4.69) is 0 Å². The number of benzene rings is 3. The van der Waals surface area contributed by atoms with Gasteiger partial charge in [-0.15, -0.1) is 12.4 Å². The SMILES string of the molecule is Cl.O=C(OC[C@H]1OC(O)[C@H](OC(=O)c2ccccc2)[C@@H]1OC(=O)c1ccccc1)c1ccccc1. The number of aliphatic hydroxyl groups is 1. The molecule has 4 rings (SSSR count).